The topological polar surface area (TPSA) is 61.5 Å². The second-order valence-corrected chi connectivity index (χ2v) is 4.82. The third kappa shape index (κ3) is 5.04. The molecule has 2 N–H and O–H groups in total. The van der Waals surface area contributed by atoms with Gasteiger partial charge in [-0.3, -0.25) is 4.79 Å². The van der Waals surface area contributed by atoms with Gasteiger partial charge in [-0.15, -0.1) is 0 Å². The predicted molar refractivity (Wildman–Crippen MR) is 66.7 cm³/mol. The Morgan fingerprint density at radius 3 is 2.53 bits per heavy atom. The quantitative estimate of drug-likeness (QED) is 0.549. The molecule has 1 saturated carbocycles. The maximum atomic E-state index is 11.8. The van der Waals surface area contributed by atoms with E-state index in [0.29, 0.717) is 13.2 Å². The molecule has 0 saturated heterocycles. The molecule has 0 aromatic heterocycles. The molecular formula is C13H25NO3. The molecule has 0 atom stereocenters. The van der Waals surface area contributed by atoms with Crippen LogP contribution in [0.2, 0.25) is 0 Å². The van der Waals surface area contributed by atoms with Crippen molar-refractivity contribution in [3.05, 3.63) is 0 Å². The third-order valence-electron chi connectivity index (χ3n) is 3.26. The van der Waals surface area contributed by atoms with E-state index in [1.807, 2.05) is 0 Å². The van der Waals surface area contributed by atoms with Crippen LogP contribution in [0.3, 0.4) is 0 Å². The van der Waals surface area contributed by atoms with Crippen LogP contribution in [0.5, 0.6) is 0 Å². The summed E-state index contributed by atoms with van der Waals surface area (Å²) < 4.78 is 10.5. The molecule has 0 heterocycles. The number of rotatable bonds is 7. The van der Waals surface area contributed by atoms with Gasteiger partial charge in [0.2, 0.25) is 0 Å². The zero-order valence-corrected chi connectivity index (χ0v) is 10.9. The van der Waals surface area contributed by atoms with Crippen molar-refractivity contribution in [2.75, 3.05) is 19.8 Å². The molecule has 0 bridgehead atoms. The summed E-state index contributed by atoms with van der Waals surface area (Å²) in [6.07, 6.45) is 6.90. The van der Waals surface area contributed by atoms with Crippen LogP contribution < -0.4 is 5.73 Å². The fourth-order valence-electron chi connectivity index (χ4n) is 2.07. The summed E-state index contributed by atoms with van der Waals surface area (Å²) in [5.74, 6) is -0.253. The number of carbonyl (C=O) groups is 1. The minimum absolute atomic E-state index is 0.253. The molecular weight excluding hydrogens is 218 g/mol. The van der Waals surface area contributed by atoms with Crippen LogP contribution in [0.1, 0.15) is 51.9 Å². The van der Waals surface area contributed by atoms with Gasteiger partial charge in [0.25, 0.3) is 0 Å². The lowest BCUT2D eigenvalue weighted by atomic mass is 9.83. The van der Waals surface area contributed by atoms with Crippen LogP contribution in [-0.4, -0.2) is 31.3 Å². The van der Waals surface area contributed by atoms with Gasteiger partial charge in [0.05, 0.1) is 6.61 Å². The van der Waals surface area contributed by atoms with Crippen molar-refractivity contribution >= 4 is 5.97 Å². The van der Waals surface area contributed by atoms with Gasteiger partial charge in [-0.2, -0.15) is 0 Å². The molecule has 0 aliphatic heterocycles. The molecule has 4 heteroatoms. The molecule has 4 nitrogen and oxygen atoms in total. The van der Waals surface area contributed by atoms with Crippen LogP contribution in [0, 0.1) is 0 Å². The summed E-state index contributed by atoms with van der Waals surface area (Å²) in [6.45, 7) is 3.65. The summed E-state index contributed by atoms with van der Waals surface area (Å²) in [5.41, 5.74) is 5.32. The zero-order chi connectivity index (χ0) is 12.6. The first-order chi connectivity index (χ1) is 8.19. The Labute approximate surface area is 104 Å². The first kappa shape index (κ1) is 14.5. The van der Waals surface area contributed by atoms with Gasteiger partial charge >= 0.3 is 5.97 Å². The molecule has 0 amide bonds. The fraction of sp³-hybridized carbons (Fsp3) is 0.923. The number of ether oxygens (including phenoxy) is 2. The van der Waals surface area contributed by atoms with Crippen LogP contribution in [-0.2, 0) is 14.3 Å². The average molecular weight is 243 g/mol. The summed E-state index contributed by atoms with van der Waals surface area (Å²) in [5, 5.41) is 0. The SMILES string of the molecule is CCCCOCCOC(=O)C1(N)CCCCC1. The van der Waals surface area contributed by atoms with Crippen molar-refractivity contribution in [2.24, 2.45) is 5.73 Å². The Hall–Kier alpha value is -0.610. The lowest BCUT2D eigenvalue weighted by Crippen LogP contribution is -2.50. The molecule has 1 rings (SSSR count). The van der Waals surface area contributed by atoms with Crippen LogP contribution in [0.4, 0.5) is 0 Å². The number of esters is 1. The Morgan fingerprint density at radius 2 is 1.88 bits per heavy atom. The highest BCUT2D eigenvalue weighted by molar-refractivity contribution is 5.80. The van der Waals surface area contributed by atoms with Gasteiger partial charge in [0, 0.05) is 6.61 Å². The van der Waals surface area contributed by atoms with E-state index in [1.165, 1.54) is 6.42 Å². The lowest BCUT2D eigenvalue weighted by molar-refractivity contribution is -0.153. The van der Waals surface area contributed by atoms with Crippen molar-refractivity contribution in [1.82, 2.24) is 0 Å². The Bertz CT molecular complexity index is 225. The van der Waals surface area contributed by atoms with Gasteiger partial charge in [-0.1, -0.05) is 32.6 Å². The Morgan fingerprint density at radius 1 is 1.18 bits per heavy atom. The minimum Gasteiger partial charge on any atom is -0.462 e. The van der Waals surface area contributed by atoms with Crippen molar-refractivity contribution in [1.29, 1.82) is 0 Å². The van der Waals surface area contributed by atoms with E-state index in [0.717, 1.165) is 45.1 Å². The zero-order valence-electron chi connectivity index (χ0n) is 10.9. The number of carbonyl (C=O) groups excluding carboxylic acids is 1. The second kappa shape index (κ2) is 7.67. The maximum absolute atomic E-state index is 11.8. The largest absolute Gasteiger partial charge is 0.462 e. The van der Waals surface area contributed by atoms with Gasteiger partial charge in [0.1, 0.15) is 12.1 Å². The standard InChI is InChI=1S/C13H25NO3/c1-2-3-9-16-10-11-17-12(15)13(14)7-5-4-6-8-13/h2-11,14H2,1H3. The molecule has 0 aromatic rings. The van der Waals surface area contributed by atoms with Crippen LogP contribution >= 0.6 is 0 Å². The molecule has 0 spiro atoms. The molecule has 1 aliphatic rings. The van der Waals surface area contributed by atoms with Gasteiger partial charge in [-0.05, 0) is 19.3 Å². The van der Waals surface area contributed by atoms with E-state index in [-0.39, 0.29) is 5.97 Å². The highest BCUT2D eigenvalue weighted by Gasteiger charge is 2.36. The normalized spacial score (nSPS) is 18.9. The summed E-state index contributed by atoms with van der Waals surface area (Å²) in [7, 11) is 0. The molecule has 0 unspecified atom stereocenters. The maximum Gasteiger partial charge on any atom is 0.326 e. The van der Waals surface area contributed by atoms with Crippen molar-refractivity contribution in [3.8, 4) is 0 Å². The Kier molecular flexibility index (Phi) is 6.52. The predicted octanol–water partition coefficient (Wildman–Crippen LogP) is 2.01. The van der Waals surface area contributed by atoms with E-state index in [4.69, 9.17) is 15.2 Å². The molecule has 0 radical (unpaired) electrons. The Balaban J connectivity index is 2.11. The average Bonchev–Trinajstić information content (AvgIpc) is 2.34. The molecule has 1 fully saturated rings. The van der Waals surface area contributed by atoms with Gasteiger partial charge in [-0.25, -0.2) is 0 Å². The smallest absolute Gasteiger partial charge is 0.326 e. The minimum atomic E-state index is -0.734. The highest BCUT2D eigenvalue weighted by Crippen LogP contribution is 2.26. The second-order valence-electron chi connectivity index (χ2n) is 4.82. The molecule has 1 aliphatic carbocycles. The van der Waals surface area contributed by atoms with E-state index < -0.39 is 5.54 Å². The molecule has 0 aromatic carbocycles. The lowest BCUT2D eigenvalue weighted by Gasteiger charge is -2.30. The molecule has 17 heavy (non-hydrogen) atoms. The van der Waals surface area contributed by atoms with Crippen molar-refractivity contribution < 1.29 is 14.3 Å². The first-order valence-corrected chi connectivity index (χ1v) is 6.73. The van der Waals surface area contributed by atoms with Crippen LogP contribution in [0.15, 0.2) is 0 Å². The monoisotopic (exact) mass is 243 g/mol. The number of hydrogen-bond acceptors (Lipinski definition) is 4. The van der Waals surface area contributed by atoms with Gasteiger partial charge < -0.3 is 15.2 Å². The fourth-order valence-corrected chi connectivity index (χ4v) is 2.07. The first-order valence-electron chi connectivity index (χ1n) is 6.73. The van der Waals surface area contributed by atoms with E-state index in [2.05, 4.69) is 6.92 Å². The number of nitrogens with two attached hydrogens (primary N) is 1. The summed E-state index contributed by atoms with van der Waals surface area (Å²) in [4.78, 5) is 11.8. The van der Waals surface area contributed by atoms with E-state index in [9.17, 15) is 4.79 Å². The third-order valence-corrected chi connectivity index (χ3v) is 3.26. The van der Waals surface area contributed by atoms with Crippen molar-refractivity contribution in [2.45, 2.75) is 57.4 Å². The van der Waals surface area contributed by atoms with E-state index >= 15 is 0 Å². The van der Waals surface area contributed by atoms with E-state index in [1.54, 1.807) is 0 Å². The van der Waals surface area contributed by atoms with Gasteiger partial charge in [0.15, 0.2) is 0 Å². The summed E-state index contributed by atoms with van der Waals surface area (Å²) >= 11 is 0. The highest BCUT2D eigenvalue weighted by atomic mass is 16.6. The number of hydrogen-bond donors (Lipinski definition) is 1. The molecule has 100 valence electrons. The number of unbranched alkanes of at least 4 members (excludes halogenated alkanes) is 1. The van der Waals surface area contributed by atoms with Crippen molar-refractivity contribution in [3.63, 3.8) is 0 Å². The van der Waals surface area contributed by atoms with Crippen LogP contribution in [0.25, 0.3) is 0 Å². The summed E-state index contributed by atoms with van der Waals surface area (Å²) in [6, 6.07) is 0.